The number of amides is 2. The first-order chi connectivity index (χ1) is 6.52. The summed E-state index contributed by atoms with van der Waals surface area (Å²) >= 11 is 0. The summed E-state index contributed by atoms with van der Waals surface area (Å²) in [6.07, 6.45) is 0.563. The molecular formula is C9H19N3O2. The van der Waals surface area contributed by atoms with Crippen LogP contribution in [0.25, 0.3) is 0 Å². The van der Waals surface area contributed by atoms with Gasteiger partial charge in [0.15, 0.2) is 0 Å². The molecule has 0 radical (unpaired) electrons. The van der Waals surface area contributed by atoms with E-state index in [1.54, 1.807) is 6.92 Å². The lowest BCUT2D eigenvalue weighted by Gasteiger charge is -2.15. The van der Waals surface area contributed by atoms with Crippen molar-refractivity contribution in [2.24, 2.45) is 5.73 Å². The van der Waals surface area contributed by atoms with Crippen molar-refractivity contribution in [1.29, 1.82) is 0 Å². The fraction of sp³-hybridized carbons (Fsp3) is 0.778. The van der Waals surface area contributed by atoms with Crippen LogP contribution in [0.4, 0.5) is 0 Å². The number of carbonyl (C=O) groups is 2. The van der Waals surface area contributed by atoms with E-state index < -0.39 is 12.1 Å². The Hall–Kier alpha value is -1.10. The Morgan fingerprint density at radius 3 is 2.29 bits per heavy atom. The number of nitrogens with two attached hydrogens (primary N) is 1. The van der Waals surface area contributed by atoms with Gasteiger partial charge in [-0.15, -0.1) is 0 Å². The van der Waals surface area contributed by atoms with Crippen LogP contribution in [0.3, 0.4) is 0 Å². The molecule has 0 bridgehead atoms. The van der Waals surface area contributed by atoms with Crippen LogP contribution < -0.4 is 16.4 Å². The molecule has 0 aliphatic carbocycles. The summed E-state index contributed by atoms with van der Waals surface area (Å²) in [4.78, 5) is 22.5. The van der Waals surface area contributed by atoms with Gasteiger partial charge in [0, 0.05) is 6.54 Å². The minimum Gasteiger partial charge on any atom is -0.355 e. The van der Waals surface area contributed by atoms with E-state index in [-0.39, 0.29) is 11.8 Å². The van der Waals surface area contributed by atoms with Gasteiger partial charge < -0.3 is 16.4 Å². The van der Waals surface area contributed by atoms with E-state index in [1.165, 1.54) is 0 Å². The number of rotatable bonds is 5. The molecule has 82 valence electrons. The maximum atomic E-state index is 11.3. The average Bonchev–Trinajstić information content (AvgIpc) is 2.16. The molecule has 0 aromatic heterocycles. The molecule has 4 N–H and O–H groups in total. The first-order valence-corrected chi connectivity index (χ1v) is 4.86. The second-order valence-corrected chi connectivity index (χ2v) is 3.14. The fourth-order valence-corrected chi connectivity index (χ4v) is 0.899. The van der Waals surface area contributed by atoms with Crippen molar-refractivity contribution in [3.05, 3.63) is 0 Å². The monoisotopic (exact) mass is 201 g/mol. The Labute approximate surface area is 84.4 Å². The highest BCUT2D eigenvalue weighted by Gasteiger charge is 2.17. The molecule has 0 saturated heterocycles. The Kier molecular flexibility index (Phi) is 5.87. The van der Waals surface area contributed by atoms with E-state index in [4.69, 9.17) is 5.73 Å². The van der Waals surface area contributed by atoms with E-state index in [0.29, 0.717) is 13.0 Å². The third-order valence-corrected chi connectivity index (χ3v) is 1.88. The number of carbonyl (C=O) groups excluding carboxylic acids is 2. The zero-order chi connectivity index (χ0) is 11.1. The highest BCUT2D eigenvalue weighted by molar-refractivity contribution is 5.89. The normalized spacial score (nSPS) is 14.3. The Morgan fingerprint density at radius 1 is 1.29 bits per heavy atom. The van der Waals surface area contributed by atoms with Crippen LogP contribution in [0, 0.1) is 0 Å². The summed E-state index contributed by atoms with van der Waals surface area (Å²) in [5.41, 5.74) is 5.50. The molecule has 5 heteroatoms. The maximum absolute atomic E-state index is 11.3. The van der Waals surface area contributed by atoms with Crippen molar-refractivity contribution in [1.82, 2.24) is 10.6 Å². The first-order valence-electron chi connectivity index (χ1n) is 4.86. The zero-order valence-corrected chi connectivity index (χ0v) is 8.96. The molecule has 5 nitrogen and oxygen atoms in total. The third-order valence-electron chi connectivity index (χ3n) is 1.88. The van der Waals surface area contributed by atoms with Gasteiger partial charge in [-0.1, -0.05) is 6.92 Å². The van der Waals surface area contributed by atoms with Gasteiger partial charge >= 0.3 is 0 Å². The lowest BCUT2D eigenvalue weighted by Crippen LogP contribution is -2.50. The average molecular weight is 201 g/mol. The van der Waals surface area contributed by atoms with Crippen molar-refractivity contribution in [2.45, 2.75) is 39.3 Å². The van der Waals surface area contributed by atoms with Crippen LogP contribution in [0.5, 0.6) is 0 Å². The molecule has 0 rings (SSSR count). The minimum absolute atomic E-state index is 0.191. The van der Waals surface area contributed by atoms with Crippen molar-refractivity contribution < 1.29 is 9.59 Å². The van der Waals surface area contributed by atoms with Gasteiger partial charge in [0.1, 0.15) is 6.04 Å². The van der Waals surface area contributed by atoms with E-state index in [1.807, 2.05) is 13.8 Å². The number of nitrogens with one attached hydrogen (secondary N) is 2. The molecule has 0 aromatic rings. The SMILES string of the molecule is CCNC(=O)C(C)NC(=O)[C@H](N)CC. The number of hydrogen-bond donors (Lipinski definition) is 3. The van der Waals surface area contributed by atoms with Crippen LogP contribution >= 0.6 is 0 Å². The molecule has 0 heterocycles. The minimum atomic E-state index is -0.535. The predicted octanol–water partition coefficient (Wildman–Crippen LogP) is -0.635. The van der Waals surface area contributed by atoms with E-state index in [9.17, 15) is 9.59 Å². The smallest absolute Gasteiger partial charge is 0.242 e. The summed E-state index contributed by atoms with van der Waals surface area (Å²) in [7, 11) is 0. The van der Waals surface area contributed by atoms with Gasteiger partial charge in [-0.2, -0.15) is 0 Å². The largest absolute Gasteiger partial charge is 0.355 e. The summed E-state index contributed by atoms with van der Waals surface area (Å²) in [6, 6.07) is -1.06. The zero-order valence-electron chi connectivity index (χ0n) is 8.96. The Bertz CT molecular complexity index is 206. The van der Waals surface area contributed by atoms with Gasteiger partial charge in [-0.3, -0.25) is 9.59 Å². The van der Waals surface area contributed by atoms with E-state index in [2.05, 4.69) is 10.6 Å². The van der Waals surface area contributed by atoms with E-state index >= 15 is 0 Å². The quantitative estimate of drug-likeness (QED) is 0.553. The summed E-state index contributed by atoms with van der Waals surface area (Å²) in [5.74, 6) is -0.476. The van der Waals surface area contributed by atoms with E-state index in [0.717, 1.165) is 0 Å². The predicted molar refractivity (Wildman–Crippen MR) is 54.6 cm³/mol. The van der Waals surface area contributed by atoms with Gasteiger partial charge in [0.25, 0.3) is 0 Å². The standard InChI is InChI=1S/C9H19N3O2/c1-4-7(10)9(14)12-6(3)8(13)11-5-2/h6-7H,4-5,10H2,1-3H3,(H,11,13)(H,12,14)/t6?,7-/m1/s1. The van der Waals surface area contributed by atoms with Crippen molar-refractivity contribution in [3.63, 3.8) is 0 Å². The molecule has 0 fully saturated rings. The van der Waals surface area contributed by atoms with Crippen LogP contribution in [0.2, 0.25) is 0 Å². The third kappa shape index (κ3) is 4.23. The van der Waals surface area contributed by atoms with Crippen LogP contribution in [-0.4, -0.2) is 30.4 Å². The molecule has 1 unspecified atom stereocenters. The van der Waals surface area contributed by atoms with Gasteiger partial charge in [0.05, 0.1) is 6.04 Å². The number of likely N-dealkylation sites (N-methyl/N-ethyl adjacent to an activating group) is 1. The lowest BCUT2D eigenvalue weighted by molar-refractivity contribution is -0.129. The Balaban J connectivity index is 3.99. The molecule has 0 saturated carbocycles. The molecule has 0 aromatic carbocycles. The molecular weight excluding hydrogens is 182 g/mol. The maximum Gasteiger partial charge on any atom is 0.242 e. The van der Waals surface area contributed by atoms with Crippen molar-refractivity contribution in [3.8, 4) is 0 Å². The highest BCUT2D eigenvalue weighted by atomic mass is 16.2. The summed E-state index contributed by atoms with van der Waals surface area (Å²) in [6.45, 7) is 5.83. The highest BCUT2D eigenvalue weighted by Crippen LogP contribution is 1.88. The summed E-state index contributed by atoms with van der Waals surface area (Å²) in [5, 5.41) is 5.15. The molecule has 0 spiro atoms. The summed E-state index contributed by atoms with van der Waals surface area (Å²) < 4.78 is 0. The molecule has 2 amide bonds. The van der Waals surface area contributed by atoms with Crippen molar-refractivity contribution >= 4 is 11.8 Å². The van der Waals surface area contributed by atoms with Crippen LogP contribution in [0.15, 0.2) is 0 Å². The Morgan fingerprint density at radius 2 is 1.86 bits per heavy atom. The fourth-order valence-electron chi connectivity index (χ4n) is 0.899. The van der Waals surface area contributed by atoms with Gasteiger partial charge in [0.2, 0.25) is 11.8 Å². The second-order valence-electron chi connectivity index (χ2n) is 3.14. The second kappa shape index (κ2) is 6.37. The molecule has 14 heavy (non-hydrogen) atoms. The van der Waals surface area contributed by atoms with Crippen LogP contribution in [-0.2, 0) is 9.59 Å². The molecule has 0 aliphatic heterocycles. The first kappa shape index (κ1) is 12.9. The van der Waals surface area contributed by atoms with Gasteiger partial charge in [-0.05, 0) is 20.3 Å². The van der Waals surface area contributed by atoms with Gasteiger partial charge in [-0.25, -0.2) is 0 Å². The van der Waals surface area contributed by atoms with Crippen LogP contribution in [0.1, 0.15) is 27.2 Å². The molecule has 2 atom stereocenters. The lowest BCUT2D eigenvalue weighted by atomic mass is 10.2. The van der Waals surface area contributed by atoms with Crippen molar-refractivity contribution in [2.75, 3.05) is 6.54 Å². The molecule has 0 aliphatic rings. The number of hydrogen-bond acceptors (Lipinski definition) is 3. The topological polar surface area (TPSA) is 84.2 Å².